The lowest BCUT2D eigenvalue weighted by Crippen LogP contribution is -2.27. The smallest absolute Gasteiger partial charge is 0.189 e. The molecule has 0 aliphatic heterocycles. The van der Waals surface area contributed by atoms with Crippen molar-refractivity contribution < 1.29 is 9.53 Å². The Labute approximate surface area is 156 Å². The second-order valence-corrected chi connectivity index (χ2v) is 6.60. The molecule has 2 aromatic carbocycles. The zero-order valence-electron chi connectivity index (χ0n) is 15.7. The molecule has 0 N–H and O–H groups in total. The number of Topliss-reactive ketones (excluding diaryl/α,β-unsaturated/α-hetero) is 1. The predicted molar refractivity (Wildman–Crippen MR) is 107 cm³/mol. The first kappa shape index (κ1) is 18.4. The number of carbonyl (C=O) groups is 1. The van der Waals surface area contributed by atoms with Crippen LogP contribution in [-0.2, 0) is 6.42 Å². The van der Waals surface area contributed by atoms with Gasteiger partial charge in [-0.3, -0.25) is 4.79 Å². The van der Waals surface area contributed by atoms with Gasteiger partial charge in [0.2, 0.25) is 0 Å². The van der Waals surface area contributed by atoms with Crippen LogP contribution in [0.2, 0.25) is 0 Å². The van der Waals surface area contributed by atoms with Crippen LogP contribution in [0.5, 0.6) is 5.75 Å². The molecule has 0 heterocycles. The summed E-state index contributed by atoms with van der Waals surface area (Å²) in [5.74, 6) is 1.03. The minimum Gasteiger partial charge on any atom is -0.492 e. The van der Waals surface area contributed by atoms with Crippen molar-refractivity contribution in [3.63, 3.8) is 0 Å². The summed E-state index contributed by atoms with van der Waals surface area (Å²) in [6, 6.07) is 15.9. The van der Waals surface area contributed by atoms with Gasteiger partial charge in [0.25, 0.3) is 0 Å². The lowest BCUT2D eigenvalue weighted by atomic mass is 9.86. The van der Waals surface area contributed by atoms with E-state index >= 15 is 0 Å². The van der Waals surface area contributed by atoms with Gasteiger partial charge in [-0.05, 0) is 55.3 Å². The van der Waals surface area contributed by atoms with E-state index in [0.29, 0.717) is 6.61 Å². The fourth-order valence-corrected chi connectivity index (χ4v) is 3.35. The summed E-state index contributed by atoms with van der Waals surface area (Å²) in [5, 5.41) is 0. The Morgan fingerprint density at radius 2 is 1.73 bits per heavy atom. The molecule has 0 saturated carbocycles. The zero-order chi connectivity index (χ0) is 18.4. The molecule has 0 bridgehead atoms. The first-order valence-electron chi connectivity index (χ1n) is 9.49. The molecule has 1 aliphatic carbocycles. The largest absolute Gasteiger partial charge is 0.492 e. The van der Waals surface area contributed by atoms with Crippen molar-refractivity contribution in [2.45, 2.75) is 26.7 Å². The summed E-state index contributed by atoms with van der Waals surface area (Å²) in [6.07, 6.45) is 3.75. The Bertz CT molecular complexity index is 773. The third-order valence-corrected chi connectivity index (χ3v) is 5.01. The van der Waals surface area contributed by atoms with Gasteiger partial charge in [-0.2, -0.15) is 0 Å². The minimum absolute atomic E-state index is 0.159. The van der Waals surface area contributed by atoms with Crippen LogP contribution < -0.4 is 4.74 Å². The highest BCUT2D eigenvalue weighted by Crippen LogP contribution is 2.26. The van der Waals surface area contributed by atoms with Gasteiger partial charge in [-0.1, -0.05) is 50.2 Å². The van der Waals surface area contributed by atoms with E-state index in [1.54, 1.807) is 0 Å². The van der Waals surface area contributed by atoms with Crippen molar-refractivity contribution in [3.8, 4) is 5.75 Å². The van der Waals surface area contributed by atoms with Gasteiger partial charge in [0.05, 0.1) is 0 Å². The summed E-state index contributed by atoms with van der Waals surface area (Å²) in [7, 11) is 0. The maximum Gasteiger partial charge on any atom is 0.189 e. The average molecular weight is 349 g/mol. The molecule has 0 aromatic heterocycles. The third-order valence-electron chi connectivity index (χ3n) is 5.01. The molecule has 0 atom stereocenters. The molecular weight excluding hydrogens is 322 g/mol. The highest BCUT2D eigenvalue weighted by atomic mass is 16.5. The fourth-order valence-electron chi connectivity index (χ4n) is 3.35. The van der Waals surface area contributed by atoms with Gasteiger partial charge in [0.1, 0.15) is 12.4 Å². The van der Waals surface area contributed by atoms with Crippen molar-refractivity contribution in [2.75, 3.05) is 26.2 Å². The Morgan fingerprint density at radius 1 is 1.00 bits per heavy atom. The van der Waals surface area contributed by atoms with Gasteiger partial charge in [0.15, 0.2) is 5.78 Å². The Hall–Kier alpha value is -2.39. The summed E-state index contributed by atoms with van der Waals surface area (Å²) in [6.45, 7) is 8.05. The number of aryl methyl sites for hydroxylation is 1. The number of benzene rings is 2. The maximum absolute atomic E-state index is 12.7. The van der Waals surface area contributed by atoms with E-state index in [1.807, 2.05) is 54.6 Å². The molecule has 3 nitrogen and oxygen atoms in total. The number of fused-ring (bicyclic) bond motifs is 1. The summed E-state index contributed by atoms with van der Waals surface area (Å²) in [5.41, 5.74) is 3.94. The minimum atomic E-state index is 0.159. The number of rotatable bonds is 7. The predicted octanol–water partition coefficient (Wildman–Crippen LogP) is 4.62. The molecule has 0 radical (unpaired) electrons. The standard InChI is InChI=1S/C23H27NO2/c1-3-24(4-2)15-16-26-21-13-9-18(10-14-21)17-20-12-11-19-7-5-6-8-22(19)23(20)25/h5-10,13-14,17H,3-4,11-12,15-16H2,1-2H3. The summed E-state index contributed by atoms with van der Waals surface area (Å²) < 4.78 is 5.82. The molecule has 1 aliphatic rings. The summed E-state index contributed by atoms with van der Waals surface area (Å²) >= 11 is 0. The van der Waals surface area contributed by atoms with Crippen LogP contribution in [0, 0.1) is 0 Å². The summed E-state index contributed by atoms with van der Waals surface area (Å²) in [4.78, 5) is 15.0. The van der Waals surface area contributed by atoms with Crippen molar-refractivity contribution in [2.24, 2.45) is 0 Å². The molecule has 0 amide bonds. The molecule has 2 aromatic rings. The maximum atomic E-state index is 12.7. The van der Waals surface area contributed by atoms with Crippen molar-refractivity contribution in [1.82, 2.24) is 4.90 Å². The zero-order valence-corrected chi connectivity index (χ0v) is 15.7. The van der Waals surface area contributed by atoms with Crippen LogP contribution in [0.15, 0.2) is 54.1 Å². The van der Waals surface area contributed by atoms with E-state index < -0.39 is 0 Å². The number of ketones is 1. The van der Waals surface area contributed by atoms with E-state index in [4.69, 9.17) is 4.74 Å². The van der Waals surface area contributed by atoms with Crippen molar-refractivity contribution in [3.05, 3.63) is 70.8 Å². The van der Waals surface area contributed by atoms with Crippen LogP contribution in [0.3, 0.4) is 0 Å². The normalized spacial score (nSPS) is 15.3. The second kappa shape index (κ2) is 8.81. The third kappa shape index (κ3) is 4.41. The lowest BCUT2D eigenvalue weighted by Gasteiger charge is -2.18. The highest BCUT2D eigenvalue weighted by molar-refractivity contribution is 6.13. The Morgan fingerprint density at radius 3 is 2.46 bits per heavy atom. The number of likely N-dealkylation sites (N-methyl/N-ethyl adjacent to an activating group) is 1. The molecule has 3 heteroatoms. The molecule has 3 rings (SSSR count). The van der Waals surface area contributed by atoms with Crippen LogP contribution in [0.1, 0.15) is 41.8 Å². The molecule has 0 unspecified atom stereocenters. The number of carbonyl (C=O) groups excluding carboxylic acids is 1. The van der Waals surface area contributed by atoms with Crippen LogP contribution in [0.4, 0.5) is 0 Å². The molecule has 136 valence electrons. The van der Waals surface area contributed by atoms with E-state index in [0.717, 1.165) is 60.5 Å². The van der Waals surface area contributed by atoms with E-state index in [1.165, 1.54) is 0 Å². The van der Waals surface area contributed by atoms with Gasteiger partial charge in [-0.15, -0.1) is 0 Å². The first-order chi connectivity index (χ1) is 12.7. The van der Waals surface area contributed by atoms with E-state index in [2.05, 4.69) is 18.7 Å². The number of nitrogens with zero attached hydrogens (tertiary/aromatic N) is 1. The molecular formula is C23H27NO2. The van der Waals surface area contributed by atoms with E-state index in [9.17, 15) is 4.79 Å². The Balaban J connectivity index is 1.62. The fraction of sp³-hybridized carbons (Fsp3) is 0.348. The number of allylic oxidation sites excluding steroid dienone is 1. The van der Waals surface area contributed by atoms with Crippen LogP contribution in [-0.4, -0.2) is 36.9 Å². The Kier molecular flexibility index (Phi) is 6.24. The second-order valence-electron chi connectivity index (χ2n) is 6.60. The molecule has 0 fully saturated rings. The van der Waals surface area contributed by atoms with Gasteiger partial charge in [0, 0.05) is 17.7 Å². The molecule has 0 saturated heterocycles. The van der Waals surface area contributed by atoms with Crippen LogP contribution >= 0.6 is 0 Å². The monoisotopic (exact) mass is 349 g/mol. The highest BCUT2D eigenvalue weighted by Gasteiger charge is 2.20. The molecule has 26 heavy (non-hydrogen) atoms. The lowest BCUT2D eigenvalue weighted by molar-refractivity contribution is 0.102. The molecule has 0 spiro atoms. The van der Waals surface area contributed by atoms with Gasteiger partial charge in [-0.25, -0.2) is 0 Å². The average Bonchev–Trinajstić information content (AvgIpc) is 2.69. The number of hydrogen-bond acceptors (Lipinski definition) is 3. The van der Waals surface area contributed by atoms with Crippen molar-refractivity contribution in [1.29, 1.82) is 0 Å². The number of hydrogen-bond donors (Lipinski definition) is 0. The number of ether oxygens (including phenoxy) is 1. The SMILES string of the molecule is CCN(CC)CCOc1ccc(C=C2CCc3ccccc3C2=O)cc1. The van der Waals surface area contributed by atoms with Crippen molar-refractivity contribution >= 4 is 11.9 Å². The van der Waals surface area contributed by atoms with Crippen LogP contribution in [0.25, 0.3) is 6.08 Å². The van der Waals surface area contributed by atoms with Gasteiger partial charge < -0.3 is 9.64 Å². The first-order valence-corrected chi connectivity index (χ1v) is 9.49. The van der Waals surface area contributed by atoms with Gasteiger partial charge >= 0.3 is 0 Å². The quantitative estimate of drug-likeness (QED) is 0.683. The topological polar surface area (TPSA) is 29.5 Å². The van der Waals surface area contributed by atoms with E-state index in [-0.39, 0.29) is 5.78 Å².